The molecule has 0 aliphatic carbocycles. The van der Waals surface area contributed by atoms with Gasteiger partial charge in [0, 0.05) is 12.6 Å². The average Bonchev–Trinajstić information content (AvgIpc) is 2.46. The van der Waals surface area contributed by atoms with Crippen molar-refractivity contribution in [3.63, 3.8) is 0 Å². The van der Waals surface area contributed by atoms with Crippen molar-refractivity contribution in [2.45, 2.75) is 44.0 Å². The number of rotatable bonds is 4. The van der Waals surface area contributed by atoms with Crippen LogP contribution in [0.5, 0.6) is 5.75 Å². The Kier molecular flexibility index (Phi) is 5.18. The third-order valence-corrected chi connectivity index (χ3v) is 5.74. The zero-order chi connectivity index (χ0) is 14.7. The van der Waals surface area contributed by atoms with Gasteiger partial charge in [-0.25, -0.2) is 8.51 Å². The van der Waals surface area contributed by atoms with Crippen molar-refractivity contribution in [2.75, 3.05) is 20.3 Å². The second-order valence-electron chi connectivity index (χ2n) is 5.31. The Bertz CT molecular complexity index is 481. The Morgan fingerprint density at radius 1 is 1.35 bits per heavy atom. The van der Waals surface area contributed by atoms with E-state index in [-0.39, 0.29) is 12.6 Å². The maximum atomic E-state index is 12.9. The summed E-state index contributed by atoms with van der Waals surface area (Å²) >= 11 is 0. The number of hydrogen-bond donors (Lipinski definition) is 1. The number of aliphatic hydroxyl groups is 1. The number of aliphatic hydroxyl groups excluding tert-OH is 1. The Balaban J connectivity index is 2.33. The lowest BCUT2D eigenvalue weighted by Crippen LogP contribution is -2.43. The second-order valence-corrected chi connectivity index (χ2v) is 6.69. The van der Waals surface area contributed by atoms with Gasteiger partial charge in [-0.05, 0) is 49.9 Å². The highest BCUT2D eigenvalue weighted by Crippen LogP contribution is 2.29. The van der Waals surface area contributed by atoms with E-state index < -0.39 is 11.0 Å². The molecular weight excluding hydrogens is 274 g/mol. The highest BCUT2D eigenvalue weighted by molar-refractivity contribution is 7.82. The van der Waals surface area contributed by atoms with Crippen LogP contribution in [0.15, 0.2) is 17.0 Å². The first-order valence-corrected chi connectivity index (χ1v) is 8.13. The van der Waals surface area contributed by atoms with E-state index in [1.807, 2.05) is 30.3 Å². The molecule has 1 saturated heterocycles. The molecule has 1 N–H and O–H groups in total. The van der Waals surface area contributed by atoms with Crippen LogP contribution in [-0.4, -0.2) is 39.9 Å². The van der Waals surface area contributed by atoms with Gasteiger partial charge in [0.15, 0.2) is 0 Å². The second kappa shape index (κ2) is 6.70. The SMILES string of the molecule is COc1cc(C)c(S(=O)N2CCCCC2CO)c(C)c1. The van der Waals surface area contributed by atoms with Crippen LogP contribution in [0.2, 0.25) is 0 Å². The summed E-state index contributed by atoms with van der Waals surface area (Å²) in [6.07, 6.45) is 3.05. The standard InChI is InChI=1S/C15H23NO3S/c1-11-8-14(19-3)9-12(2)15(11)20(18)16-7-5-4-6-13(16)10-17/h8-9,13,17H,4-7,10H2,1-3H3. The minimum absolute atomic E-state index is 0.00508. The van der Waals surface area contributed by atoms with Gasteiger partial charge in [-0.15, -0.1) is 0 Å². The van der Waals surface area contributed by atoms with Crippen LogP contribution in [0, 0.1) is 13.8 Å². The third-order valence-electron chi connectivity index (χ3n) is 3.84. The van der Waals surface area contributed by atoms with Gasteiger partial charge < -0.3 is 9.84 Å². The summed E-state index contributed by atoms with van der Waals surface area (Å²) in [6.45, 7) is 4.77. The number of benzene rings is 1. The molecule has 2 atom stereocenters. The largest absolute Gasteiger partial charge is 0.497 e. The molecule has 1 heterocycles. The van der Waals surface area contributed by atoms with Crippen molar-refractivity contribution >= 4 is 11.0 Å². The van der Waals surface area contributed by atoms with Gasteiger partial charge in [0.2, 0.25) is 0 Å². The number of methoxy groups -OCH3 is 1. The van der Waals surface area contributed by atoms with Crippen molar-refractivity contribution < 1.29 is 14.1 Å². The van der Waals surface area contributed by atoms with Crippen molar-refractivity contribution in [3.8, 4) is 5.75 Å². The molecule has 0 amide bonds. The summed E-state index contributed by atoms with van der Waals surface area (Å²) < 4.78 is 20.1. The summed E-state index contributed by atoms with van der Waals surface area (Å²) in [5, 5.41) is 9.48. The van der Waals surface area contributed by atoms with Crippen LogP contribution < -0.4 is 4.74 Å². The normalized spacial score (nSPS) is 21.7. The van der Waals surface area contributed by atoms with E-state index >= 15 is 0 Å². The van der Waals surface area contributed by atoms with E-state index in [1.165, 1.54) is 0 Å². The molecule has 20 heavy (non-hydrogen) atoms. The van der Waals surface area contributed by atoms with Gasteiger partial charge in [0.05, 0.1) is 18.6 Å². The number of ether oxygens (including phenoxy) is 1. The van der Waals surface area contributed by atoms with Crippen LogP contribution in [0.4, 0.5) is 0 Å². The molecule has 1 fully saturated rings. The molecule has 2 rings (SSSR count). The molecule has 2 unspecified atom stereocenters. The van der Waals surface area contributed by atoms with Crippen LogP contribution in [-0.2, 0) is 11.0 Å². The van der Waals surface area contributed by atoms with E-state index in [0.717, 1.165) is 47.6 Å². The molecule has 0 saturated carbocycles. The zero-order valence-corrected chi connectivity index (χ0v) is 13.2. The molecule has 0 bridgehead atoms. The van der Waals surface area contributed by atoms with Crippen LogP contribution >= 0.6 is 0 Å². The monoisotopic (exact) mass is 297 g/mol. The molecule has 4 nitrogen and oxygen atoms in total. The van der Waals surface area contributed by atoms with E-state index in [2.05, 4.69) is 0 Å². The number of hydrogen-bond acceptors (Lipinski definition) is 3. The van der Waals surface area contributed by atoms with Crippen LogP contribution in [0.25, 0.3) is 0 Å². The van der Waals surface area contributed by atoms with E-state index in [4.69, 9.17) is 4.74 Å². The summed E-state index contributed by atoms with van der Waals surface area (Å²) in [5.41, 5.74) is 1.95. The molecule has 0 aromatic heterocycles. The topological polar surface area (TPSA) is 49.8 Å². The van der Waals surface area contributed by atoms with E-state index in [9.17, 15) is 9.32 Å². The number of nitrogens with zero attached hydrogens (tertiary/aromatic N) is 1. The summed E-state index contributed by atoms with van der Waals surface area (Å²) in [5.74, 6) is 0.790. The third kappa shape index (κ3) is 3.05. The van der Waals surface area contributed by atoms with Crippen LogP contribution in [0.1, 0.15) is 30.4 Å². The smallest absolute Gasteiger partial charge is 0.128 e. The number of aryl methyl sites for hydroxylation is 2. The first-order chi connectivity index (χ1) is 9.58. The quantitative estimate of drug-likeness (QED) is 0.927. The molecule has 5 heteroatoms. The van der Waals surface area contributed by atoms with E-state index in [1.54, 1.807) is 7.11 Å². The van der Waals surface area contributed by atoms with Gasteiger partial charge >= 0.3 is 0 Å². The molecule has 0 radical (unpaired) electrons. The molecule has 1 aliphatic heterocycles. The Labute approximate surface area is 123 Å². The highest BCUT2D eigenvalue weighted by atomic mass is 32.2. The van der Waals surface area contributed by atoms with Gasteiger partial charge in [-0.2, -0.15) is 0 Å². The summed E-state index contributed by atoms with van der Waals surface area (Å²) in [7, 11) is 0.421. The predicted octanol–water partition coefficient (Wildman–Crippen LogP) is 2.18. The first kappa shape index (κ1) is 15.5. The summed E-state index contributed by atoms with van der Waals surface area (Å²) in [6, 6.07) is 3.83. The molecule has 1 aromatic rings. The van der Waals surface area contributed by atoms with Crippen molar-refractivity contribution in [1.82, 2.24) is 4.31 Å². The van der Waals surface area contributed by atoms with E-state index in [0.29, 0.717) is 0 Å². The molecule has 1 aliphatic rings. The number of piperidine rings is 1. The lowest BCUT2D eigenvalue weighted by Gasteiger charge is -2.33. The highest BCUT2D eigenvalue weighted by Gasteiger charge is 2.28. The Hall–Kier alpha value is -0.910. The molecular formula is C15H23NO3S. The van der Waals surface area contributed by atoms with Gasteiger partial charge in [-0.1, -0.05) is 6.42 Å². The molecule has 0 spiro atoms. The van der Waals surface area contributed by atoms with Gasteiger partial charge in [-0.3, -0.25) is 0 Å². The molecule has 1 aromatic carbocycles. The first-order valence-electron chi connectivity index (χ1n) is 7.03. The lowest BCUT2D eigenvalue weighted by atomic mass is 10.1. The summed E-state index contributed by atoms with van der Waals surface area (Å²) in [4.78, 5) is 0.853. The van der Waals surface area contributed by atoms with Crippen molar-refractivity contribution in [1.29, 1.82) is 0 Å². The fourth-order valence-corrected chi connectivity index (χ4v) is 4.44. The maximum Gasteiger partial charge on any atom is 0.128 e. The lowest BCUT2D eigenvalue weighted by molar-refractivity contribution is 0.160. The minimum Gasteiger partial charge on any atom is -0.497 e. The molecule has 112 valence electrons. The minimum atomic E-state index is -1.22. The maximum absolute atomic E-state index is 12.9. The predicted molar refractivity (Wildman–Crippen MR) is 80.3 cm³/mol. The Morgan fingerprint density at radius 2 is 2.00 bits per heavy atom. The van der Waals surface area contributed by atoms with Gasteiger partial charge in [0.1, 0.15) is 16.7 Å². The average molecular weight is 297 g/mol. The Morgan fingerprint density at radius 3 is 2.55 bits per heavy atom. The fourth-order valence-electron chi connectivity index (χ4n) is 2.80. The van der Waals surface area contributed by atoms with Crippen molar-refractivity contribution in [2.24, 2.45) is 0 Å². The van der Waals surface area contributed by atoms with Crippen molar-refractivity contribution in [3.05, 3.63) is 23.3 Å². The fraction of sp³-hybridized carbons (Fsp3) is 0.600. The van der Waals surface area contributed by atoms with Crippen LogP contribution in [0.3, 0.4) is 0 Å². The van der Waals surface area contributed by atoms with Gasteiger partial charge in [0.25, 0.3) is 0 Å². The zero-order valence-electron chi connectivity index (χ0n) is 12.4.